The molecule has 0 aliphatic carbocycles. The molecule has 2 fully saturated rings. The minimum Gasteiger partial charge on any atom is -0.382 e. The van der Waals surface area contributed by atoms with E-state index in [1.165, 1.54) is 38.9 Å². The Hall–Kier alpha value is -1.67. The number of guanidine groups is 1. The number of hydrogen-bond acceptors (Lipinski definition) is 5. The lowest BCUT2D eigenvalue weighted by atomic mass is 10.1. The van der Waals surface area contributed by atoms with E-state index in [1.807, 2.05) is 25.5 Å². The Morgan fingerprint density at radius 2 is 2.07 bits per heavy atom. The van der Waals surface area contributed by atoms with Crippen molar-refractivity contribution in [2.24, 2.45) is 18.0 Å². The van der Waals surface area contributed by atoms with Gasteiger partial charge in [-0.25, -0.2) is 4.99 Å². The highest BCUT2D eigenvalue weighted by molar-refractivity contribution is 5.80. The van der Waals surface area contributed by atoms with Crippen LogP contribution in [0.4, 0.5) is 0 Å². The predicted octanol–water partition coefficient (Wildman–Crippen LogP) is 1.41. The van der Waals surface area contributed by atoms with Crippen LogP contribution in [0.3, 0.4) is 0 Å². The van der Waals surface area contributed by atoms with E-state index in [2.05, 4.69) is 25.3 Å². The number of rotatable bonds is 9. The van der Waals surface area contributed by atoms with E-state index in [4.69, 9.17) is 9.73 Å². The first-order chi connectivity index (χ1) is 13.7. The van der Waals surface area contributed by atoms with Gasteiger partial charge in [0.2, 0.25) is 0 Å². The molecule has 1 N–H and O–H groups in total. The molecule has 0 bridgehead atoms. The van der Waals surface area contributed by atoms with Gasteiger partial charge < -0.3 is 24.4 Å². The lowest BCUT2D eigenvalue weighted by Crippen LogP contribution is -2.41. The highest BCUT2D eigenvalue weighted by Gasteiger charge is 2.27. The number of nitrogens with one attached hydrogen (secondary N) is 1. The summed E-state index contributed by atoms with van der Waals surface area (Å²) in [4.78, 5) is 9.94. The number of likely N-dealkylation sites (tertiary alicyclic amines) is 2. The first-order valence-corrected chi connectivity index (χ1v) is 10.9. The predicted molar refractivity (Wildman–Crippen MR) is 111 cm³/mol. The summed E-state index contributed by atoms with van der Waals surface area (Å²) < 4.78 is 7.47. The summed E-state index contributed by atoms with van der Waals surface area (Å²) in [5, 5.41) is 12.0. The molecule has 2 saturated heterocycles. The summed E-state index contributed by atoms with van der Waals surface area (Å²) in [6.45, 7) is 13.0. The molecule has 158 valence electrons. The fourth-order valence-electron chi connectivity index (χ4n) is 4.03. The van der Waals surface area contributed by atoms with Crippen molar-refractivity contribution in [2.75, 3.05) is 52.5 Å². The van der Waals surface area contributed by atoms with Crippen molar-refractivity contribution in [3.8, 4) is 0 Å². The largest absolute Gasteiger partial charge is 0.382 e. The molecule has 0 spiro atoms. The van der Waals surface area contributed by atoms with Gasteiger partial charge in [-0.3, -0.25) is 0 Å². The SMILES string of the molecule is CCOCCCNC(=NCc1nnc(C)n1C)N1CCC(CN2CCCC2)C1. The molecule has 2 aliphatic heterocycles. The van der Waals surface area contributed by atoms with Gasteiger partial charge in [0.15, 0.2) is 11.8 Å². The van der Waals surface area contributed by atoms with Crippen molar-refractivity contribution in [2.45, 2.75) is 46.1 Å². The molecule has 1 aromatic rings. The standard InChI is InChI=1S/C20H37N7O/c1-4-28-13-7-9-21-20(22-14-19-24-23-17(2)25(19)3)27-12-8-18(16-27)15-26-10-5-6-11-26/h18H,4-16H2,1-3H3,(H,21,22). The van der Waals surface area contributed by atoms with Crippen molar-refractivity contribution >= 4 is 5.96 Å². The summed E-state index contributed by atoms with van der Waals surface area (Å²) >= 11 is 0. The van der Waals surface area contributed by atoms with Gasteiger partial charge in [-0.1, -0.05) is 0 Å². The van der Waals surface area contributed by atoms with E-state index in [0.717, 1.165) is 62.8 Å². The van der Waals surface area contributed by atoms with Crippen molar-refractivity contribution in [3.05, 3.63) is 11.6 Å². The molecule has 28 heavy (non-hydrogen) atoms. The van der Waals surface area contributed by atoms with Crippen LogP contribution in [0, 0.1) is 12.8 Å². The Kier molecular flexibility index (Phi) is 8.09. The second kappa shape index (κ2) is 10.8. The van der Waals surface area contributed by atoms with Crippen molar-refractivity contribution < 1.29 is 4.74 Å². The zero-order valence-electron chi connectivity index (χ0n) is 17.9. The molecule has 1 aromatic heterocycles. The van der Waals surface area contributed by atoms with E-state index in [9.17, 15) is 0 Å². The maximum absolute atomic E-state index is 5.46. The summed E-state index contributed by atoms with van der Waals surface area (Å²) in [6, 6.07) is 0. The van der Waals surface area contributed by atoms with Gasteiger partial charge in [-0.2, -0.15) is 0 Å². The van der Waals surface area contributed by atoms with Crippen LogP contribution in [-0.4, -0.2) is 83.0 Å². The van der Waals surface area contributed by atoms with Crippen LogP contribution in [0.2, 0.25) is 0 Å². The van der Waals surface area contributed by atoms with Crippen LogP contribution < -0.4 is 5.32 Å². The van der Waals surface area contributed by atoms with Gasteiger partial charge in [0.25, 0.3) is 0 Å². The number of aromatic nitrogens is 3. The lowest BCUT2D eigenvalue weighted by Gasteiger charge is -2.23. The molecule has 0 radical (unpaired) electrons. The molecule has 1 atom stereocenters. The Balaban J connectivity index is 1.56. The second-order valence-electron chi connectivity index (χ2n) is 7.95. The van der Waals surface area contributed by atoms with E-state index in [0.29, 0.717) is 6.54 Å². The van der Waals surface area contributed by atoms with E-state index in [1.54, 1.807) is 0 Å². The van der Waals surface area contributed by atoms with Crippen molar-refractivity contribution in [1.82, 2.24) is 29.9 Å². The molecule has 0 amide bonds. The first-order valence-electron chi connectivity index (χ1n) is 10.9. The molecule has 1 unspecified atom stereocenters. The minimum absolute atomic E-state index is 0.554. The second-order valence-corrected chi connectivity index (χ2v) is 7.95. The maximum Gasteiger partial charge on any atom is 0.194 e. The molecule has 2 aliphatic rings. The van der Waals surface area contributed by atoms with Crippen LogP contribution in [-0.2, 0) is 18.3 Å². The molecular weight excluding hydrogens is 354 g/mol. The van der Waals surface area contributed by atoms with Crippen LogP contribution in [0.1, 0.15) is 44.3 Å². The van der Waals surface area contributed by atoms with Crippen molar-refractivity contribution in [3.63, 3.8) is 0 Å². The summed E-state index contributed by atoms with van der Waals surface area (Å²) in [5.74, 6) is 3.56. The lowest BCUT2D eigenvalue weighted by molar-refractivity contribution is 0.145. The third-order valence-corrected chi connectivity index (χ3v) is 5.81. The van der Waals surface area contributed by atoms with Crippen molar-refractivity contribution in [1.29, 1.82) is 0 Å². The number of aryl methyl sites for hydroxylation is 1. The monoisotopic (exact) mass is 391 g/mol. The zero-order valence-corrected chi connectivity index (χ0v) is 17.9. The summed E-state index contributed by atoms with van der Waals surface area (Å²) in [6.07, 6.45) is 4.96. The molecule has 8 nitrogen and oxygen atoms in total. The molecule has 0 aromatic carbocycles. The summed E-state index contributed by atoms with van der Waals surface area (Å²) in [5.41, 5.74) is 0. The molecular formula is C20H37N7O. The van der Waals surface area contributed by atoms with Crippen LogP contribution in [0.15, 0.2) is 4.99 Å². The third-order valence-electron chi connectivity index (χ3n) is 5.81. The molecule has 8 heteroatoms. The fraction of sp³-hybridized carbons (Fsp3) is 0.850. The van der Waals surface area contributed by atoms with E-state index >= 15 is 0 Å². The van der Waals surface area contributed by atoms with E-state index < -0.39 is 0 Å². The van der Waals surface area contributed by atoms with Crippen LogP contribution >= 0.6 is 0 Å². The highest BCUT2D eigenvalue weighted by Crippen LogP contribution is 2.20. The first kappa shape index (κ1) is 21.0. The molecule has 3 heterocycles. The number of nitrogens with zero attached hydrogens (tertiary/aromatic N) is 6. The number of hydrogen-bond donors (Lipinski definition) is 1. The fourth-order valence-corrected chi connectivity index (χ4v) is 4.03. The highest BCUT2D eigenvalue weighted by atomic mass is 16.5. The summed E-state index contributed by atoms with van der Waals surface area (Å²) in [7, 11) is 2.00. The van der Waals surface area contributed by atoms with E-state index in [-0.39, 0.29) is 0 Å². The van der Waals surface area contributed by atoms with Gasteiger partial charge in [0.1, 0.15) is 12.4 Å². The Morgan fingerprint density at radius 1 is 1.25 bits per heavy atom. The Bertz CT molecular complexity index is 624. The Labute approximate surface area is 169 Å². The third kappa shape index (κ3) is 5.91. The molecule has 3 rings (SSSR count). The van der Waals surface area contributed by atoms with Crippen LogP contribution in [0.5, 0.6) is 0 Å². The van der Waals surface area contributed by atoms with Gasteiger partial charge in [0.05, 0.1) is 0 Å². The maximum atomic E-state index is 5.46. The average Bonchev–Trinajstić information content (AvgIpc) is 3.43. The Morgan fingerprint density at radius 3 is 2.79 bits per heavy atom. The quantitative estimate of drug-likeness (QED) is 0.390. The van der Waals surface area contributed by atoms with Gasteiger partial charge >= 0.3 is 0 Å². The normalized spacial score (nSPS) is 21.0. The number of ether oxygens (including phenoxy) is 1. The van der Waals surface area contributed by atoms with Gasteiger partial charge in [-0.05, 0) is 58.5 Å². The van der Waals surface area contributed by atoms with Gasteiger partial charge in [0, 0.05) is 46.4 Å². The average molecular weight is 392 g/mol. The smallest absolute Gasteiger partial charge is 0.194 e. The number of aliphatic imine (C=N–C) groups is 1. The van der Waals surface area contributed by atoms with Crippen LogP contribution in [0.25, 0.3) is 0 Å². The topological polar surface area (TPSA) is 70.8 Å². The molecule has 0 saturated carbocycles. The minimum atomic E-state index is 0.554. The zero-order chi connectivity index (χ0) is 19.8. The van der Waals surface area contributed by atoms with Gasteiger partial charge in [-0.15, -0.1) is 10.2 Å².